The maximum Gasteiger partial charge on any atom is 0.261 e. The van der Waals surface area contributed by atoms with Gasteiger partial charge in [0, 0.05) is 0 Å². The summed E-state index contributed by atoms with van der Waals surface area (Å²) in [4.78, 5) is 25.4. The van der Waals surface area contributed by atoms with E-state index in [-0.39, 0.29) is 11.8 Å². The summed E-state index contributed by atoms with van der Waals surface area (Å²) in [6.45, 7) is 4.58. The van der Waals surface area contributed by atoms with Gasteiger partial charge in [-0.1, -0.05) is 35.9 Å². The third-order valence-corrected chi connectivity index (χ3v) is 5.61. The topological polar surface area (TPSA) is 67.4 Å². The Kier molecular flexibility index (Phi) is 6.90. The number of carbonyl (C=O) groups is 2. The van der Waals surface area contributed by atoms with Gasteiger partial charge in [0.2, 0.25) is 0 Å². The van der Waals surface area contributed by atoms with E-state index in [2.05, 4.69) is 10.6 Å². The summed E-state index contributed by atoms with van der Waals surface area (Å²) in [6, 6.07) is 16.3. The zero-order chi connectivity index (χ0) is 20.8. The van der Waals surface area contributed by atoms with E-state index in [9.17, 15) is 9.59 Å². The number of halogens is 1. The molecule has 0 fully saturated rings. The third kappa shape index (κ3) is 5.59. The molecule has 5 nitrogen and oxygen atoms in total. The van der Waals surface area contributed by atoms with E-state index in [4.69, 9.17) is 16.3 Å². The van der Waals surface area contributed by atoms with E-state index in [1.54, 1.807) is 30.3 Å². The summed E-state index contributed by atoms with van der Waals surface area (Å²) in [5, 5.41) is 6.62. The largest absolute Gasteiger partial charge is 0.492 e. The number of ether oxygens (including phenoxy) is 1. The number of nitrogens with one attached hydrogen (secondary N) is 2. The van der Waals surface area contributed by atoms with Gasteiger partial charge in [0.1, 0.15) is 12.4 Å². The summed E-state index contributed by atoms with van der Waals surface area (Å²) in [7, 11) is 0. The van der Waals surface area contributed by atoms with Crippen LogP contribution in [0.5, 0.6) is 5.75 Å². The van der Waals surface area contributed by atoms with Gasteiger partial charge in [-0.2, -0.15) is 0 Å². The molecule has 0 aliphatic carbocycles. The maximum absolute atomic E-state index is 12.5. The van der Waals surface area contributed by atoms with Gasteiger partial charge < -0.3 is 15.4 Å². The quantitative estimate of drug-likeness (QED) is 0.515. The Balaban J connectivity index is 1.54. The lowest BCUT2D eigenvalue weighted by Crippen LogP contribution is -2.27. The smallest absolute Gasteiger partial charge is 0.261 e. The first-order valence-electron chi connectivity index (χ1n) is 9.08. The monoisotopic (exact) mass is 428 g/mol. The van der Waals surface area contributed by atoms with Gasteiger partial charge in [-0.3, -0.25) is 9.59 Å². The van der Waals surface area contributed by atoms with Crippen molar-refractivity contribution < 1.29 is 14.3 Å². The van der Waals surface area contributed by atoms with Crippen molar-refractivity contribution in [1.29, 1.82) is 0 Å². The van der Waals surface area contributed by atoms with Crippen LogP contribution in [0.25, 0.3) is 0 Å². The predicted octanol–water partition coefficient (Wildman–Crippen LogP) is 5.08. The van der Waals surface area contributed by atoms with Gasteiger partial charge in [0.25, 0.3) is 11.8 Å². The molecule has 29 heavy (non-hydrogen) atoms. The fourth-order valence-corrected chi connectivity index (χ4v) is 3.92. The molecule has 0 spiro atoms. The molecular formula is C22H21ClN2O3S. The fourth-order valence-electron chi connectivity index (χ4n) is 2.71. The van der Waals surface area contributed by atoms with Crippen molar-refractivity contribution in [3.05, 3.63) is 81.2 Å². The van der Waals surface area contributed by atoms with Crippen LogP contribution in [0.3, 0.4) is 0 Å². The highest BCUT2D eigenvalue weighted by Crippen LogP contribution is 2.27. The number of benzene rings is 2. The Labute approximate surface area is 178 Å². The minimum Gasteiger partial charge on any atom is -0.492 e. The number of aryl methyl sites for hydroxylation is 2. The van der Waals surface area contributed by atoms with E-state index in [1.807, 2.05) is 38.1 Å². The molecule has 0 bridgehead atoms. The van der Waals surface area contributed by atoms with Crippen molar-refractivity contribution in [2.24, 2.45) is 0 Å². The van der Waals surface area contributed by atoms with Crippen LogP contribution >= 0.6 is 22.9 Å². The van der Waals surface area contributed by atoms with Crippen molar-refractivity contribution in [3.63, 3.8) is 0 Å². The molecule has 0 aliphatic rings. The van der Waals surface area contributed by atoms with Gasteiger partial charge in [-0.25, -0.2) is 0 Å². The van der Waals surface area contributed by atoms with Crippen molar-refractivity contribution in [3.8, 4) is 5.75 Å². The molecule has 0 saturated carbocycles. The summed E-state index contributed by atoms with van der Waals surface area (Å²) in [6.07, 6.45) is 0. The second-order valence-electron chi connectivity index (χ2n) is 6.48. The molecule has 0 aliphatic heterocycles. The lowest BCUT2D eigenvalue weighted by atomic mass is 10.2. The van der Waals surface area contributed by atoms with Crippen LogP contribution in [0.15, 0.2) is 54.6 Å². The highest BCUT2D eigenvalue weighted by molar-refractivity contribution is 7.18. The van der Waals surface area contributed by atoms with Crippen molar-refractivity contribution in [2.75, 3.05) is 18.5 Å². The zero-order valence-corrected chi connectivity index (χ0v) is 17.7. The van der Waals surface area contributed by atoms with Crippen LogP contribution in [-0.2, 0) is 0 Å². The summed E-state index contributed by atoms with van der Waals surface area (Å²) >= 11 is 7.29. The molecular weight excluding hydrogens is 408 g/mol. The molecule has 2 aromatic carbocycles. The second kappa shape index (κ2) is 9.58. The van der Waals surface area contributed by atoms with E-state index in [0.29, 0.717) is 33.6 Å². The SMILES string of the molecule is Cc1cccc(OCCNC(=O)c2sc(NC(=O)c3ccccc3Cl)cc2C)c1. The van der Waals surface area contributed by atoms with Gasteiger partial charge in [-0.05, 0) is 55.3 Å². The molecule has 3 rings (SSSR count). The van der Waals surface area contributed by atoms with Gasteiger partial charge in [0.15, 0.2) is 0 Å². The highest BCUT2D eigenvalue weighted by atomic mass is 35.5. The summed E-state index contributed by atoms with van der Waals surface area (Å²) in [5.41, 5.74) is 2.30. The lowest BCUT2D eigenvalue weighted by Gasteiger charge is -2.08. The molecule has 150 valence electrons. The van der Waals surface area contributed by atoms with Gasteiger partial charge >= 0.3 is 0 Å². The van der Waals surface area contributed by atoms with Crippen LogP contribution < -0.4 is 15.4 Å². The number of carbonyl (C=O) groups excluding carboxylic acids is 2. The fraction of sp³-hybridized carbons (Fsp3) is 0.182. The van der Waals surface area contributed by atoms with Crippen molar-refractivity contribution >= 4 is 39.8 Å². The zero-order valence-electron chi connectivity index (χ0n) is 16.1. The van der Waals surface area contributed by atoms with Crippen molar-refractivity contribution in [2.45, 2.75) is 13.8 Å². The second-order valence-corrected chi connectivity index (χ2v) is 7.94. The molecule has 0 radical (unpaired) electrons. The predicted molar refractivity (Wildman–Crippen MR) is 117 cm³/mol. The summed E-state index contributed by atoms with van der Waals surface area (Å²) < 4.78 is 5.64. The molecule has 1 aromatic heterocycles. The van der Waals surface area contributed by atoms with Gasteiger partial charge in [-0.15, -0.1) is 11.3 Å². The Hall–Kier alpha value is -2.83. The molecule has 0 saturated heterocycles. The van der Waals surface area contributed by atoms with E-state index < -0.39 is 0 Å². The van der Waals surface area contributed by atoms with Gasteiger partial charge in [0.05, 0.1) is 27.0 Å². The van der Waals surface area contributed by atoms with Crippen LogP contribution in [-0.4, -0.2) is 25.0 Å². The third-order valence-electron chi connectivity index (χ3n) is 4.13. The van der Waals surface area contributed by atoms with E-state index >= 15 is 0 Å². The molecule has 2 amide bonds. The van der Waals surface area contributed by atoms with Crippen molar-refractivity contribution in [1.82, 2.24) is 5.32 Å². The number of rotatable bonds is 7. The van der Waals surface area contributed by atoms with E-state index in [1.165, 1.54) is 11.3 Å². The molecule has 2 N–H and O–H groups in total. The minimum absolute atomic E-state index is 0.196. The maximum atomic E-state index is 12.5. The Morgan fingerprint density at radius 2 is 1.83 bits per heavy atom. The highest BCUT2D eigenvalue weighted by Gasteiger charge is 2.16. The molecule has 3 aromatic rings. The lowest BCUT2D eigenvalue weighted by molar-refractivity contribution is 0.0949. The molecule has 0 atom stereocenters. The number of hydrogen-bond acceptors (Lipinski definition) is 4. The van der Waals surface area contributed by atoms with Crippen LogP contribution in [0.2, 0.25) is 5.02 Å². The number of hydrogen-bond donors (Lipinski definition) is 2. The number of anilines is 1. The first-order chi connectivity index (χ1) is 13.9. The Morgan fingerprint density at radius 1 is 1.03 bits per heavy atom. The number of thiophene rings is 1. The average Bonchev–Trinajstić information content (AvgIpc) is 3.05. The standard InChI is InChI=1S/C22H21ClN2O3S/c1-14-6-5-7-16(12-14)28-11-10-24-22(27)20-15(2)13-19(29-20)25-21(26)17-8-3-4-9-18(17)23/h3-9,12-13H,10-11H2,1-2H3,(H,24,27)(H,25,26). The van der Waals surface area contributed by atoms with Crippen LogP contribution in [0.4, 0.5) is 5.00 Å². The summed E-state index contributed by atoms with van der Waals surface area (Å²) in [5.74, 6) is 0.269. The van der Waals surface area contributed by atoms with Crippen LogP contribution in [0, 0.1) is 13.8 Å². The molecule has 7 heteroatoms. The normalized spacial score (nSPS) is 10.4. The first-order valence-corrected chi connectivity index (χ1v) is 10.3. The Morgan fingerprint density at radius 3 is 2.59 bits per heavy atom. The molecule has 0 unspecified atom stereocenters. The Bertz CT molecular complexity index is 1030. The average molecular weight is 429 g/mol. The van der Waals surface area contributed by atoms with Crippen LogP contribution in [0.1, 0.15) is 31.2 Å². The molecule has 1 heterocycles. The number of amides is 2. The minimum atomic E-state index is -0.310. The van der Waals surface area contributed by atoms with E-state index in [0.717, 1.165) is 16.9 Å². The first kappa shape index (κ1) is 20.9.